The molecular weight excluding hydrogens is 552 g/mol. The van der Waals surface area contributed by atoms with Crippen molar-refractivity contribution in [2.75, 3.05) is 28.4 Å². The number of aromatic nitrogens is 2. The van der Waals surface area contributed by atoms with Crippen LogP contribution in [0.2, 0.25) is 0 Å². The molecular formula is C25H23BrN2O7S. The number of carbonyl (C=O) groups is 1. The van der Waals surface area contributed by atoms with Crippen molar-refractivity contribution in [3.05, 3.63) is 69.8 Å². The van der Waals surface area contributed by atoms with E-state index in [-0.39, 0.29) is 33.2 Å². The largest absolute Gasteiger partial charge is 0.495 e. The molecule has 0 radical (unpaired) electrons. The van der Waals surface area contributed by atoms with Crippen LogP contribution in [0.5, 0.6) is 23.0 Å². The van der Waals surface area contributed by atoms with Crippen molar-refractivity contribution < 1.29 is 32.2 Å². The van der Waals surface area contributed by atoms with Gasteiger partial charge in [0, 0.05) is 10.9 Å². The average molecular weight is 575 g/mol. The molecule has 0 bridgehead atoms. The molecule has 0 saturated heterocycles. The van der Waals surface area contributed by atoms with Gasteiger partial charge in [0.1, 0.15) is 17.0 Å². The number of benzene rings is 3. The zero-order valence-electron chi connectivity index (χ0n) is 20.2. The maximum absolute atomic E-state index is 14.0. The molecule has 4 rings (SSSR count). The van der Waals surface area contributed by atoms with Crippen LogP contribution in [-0.4, -0.2) is 51.8 Å². The lowest BCUT2D eigenvalue weighted by Gasteiger charge is -2.14. The number of ether oxygens (including phenoxy) is 4. The summed E-state index contributed by atoms with van der Waals surface area (Å²) in [4.78, 5) is 13.9. The molecule has 4 aromatic rings. The van der Waals surface area contributed by atoms with Crippen LogP contribution in [0.3, 0.4) is 0 Å². The fourth-order valence-electron chi connectivity index (χ4n) is 3.78. The van der Waals surface area contributed by atoms with Crippen LogP contribution >= 0.6 is 15.9 Å². The van der Waals surface area contributed by atoms with Crippen LogP contribution in [0, 0.1) is 6.92 Å². The summed E-state index contributed by atoms with van der Waals surface area (Å²) >= 11 is 3.43. The summed E-state index contributed by atoms with van der Waals surface area (Å²) in [5.41, 5.74) is 1.11. The normalized spacial score (nSPS) is 11.4. The summed E-state index contributed by atoms with van der Waals surface area (Å²) in [6.07, 6.45) is 0. The van der Waals surface area contributed by atoms with E-state index in [0.717, 1.165) is 9.65 Å². The highest BCUT2D eigenvalue weighted by atomic mass is 79.9. The van der Waals surface area contributed by atoms with Crippen LogP contribution in [0.4, 0.5) is 0 Å². The minimum absolute atomic E-state index is 0.0112. The second-order valence-corrected chi connectivity index (χ2v) is 10.3. The van der Waals surface area contributed by atoms with Crippen LogP contribution in [0.1, 0.15) is 21.6 Å². The molecule has 1 heterocycles. The smallest absolute Gasteiger partial charge is 0.283 e. The molecule has 0 aliphatic carbocycles. The third-order valence-corrected chi connectivity index (χ3v) is 7.98. The molecule has 0 aliphatic heterocycles. The van der Waals surface area contributed by atoms with Gasteiger partial charge >= 0.3 is 0 Å². The van der Waals surface area contributed by atoms with Crippen LogP contribution in [-0.2, 0) is 10.0 Å². The fraction of sp³-hybridized carbons (Fsp3) is 0.200. The number of hydrogen-bond donors (Lipinski definition) is 0. The number of ketones is 1. The van der Waals surface area contributed by atoms with Crippen molar-refractivity contribution in [3.63, 3.8) is 0 Å². The Hall–Kier alpha value is -3.57. The second-order valence-electron chi connectivity index (χ2n) is 7.73. The molecule has 0 aliphatic rings. The zero-order valence-corrected chi connectivity index (χ0v) is 22.6. The number of halogens is 1. The third-order valence-electron chi connectivity index (χ3n) is 5.63. The quantitative estimate of drug-likeness (QED) is 0.281. The van der Waals surface area contributed by atoms with Crippen molar-refractivity contribution in [1.82, 2.24) is 9.19 Å². The van der Waals surface area contributed by atoms with Gasteiger partial charge in [-0.15, -0.1) is 4.09 Å². The lowest BCUT2D eigenvalue weighted by atomic mass is 10.0. The first-order valence-electron chi connectivity index (χ1n) is 10.6. The van der Waals surface area contributed by atoms with E-state index in [9.17, 15) is 13.2 Å². The average Bonchev–Trinajstić information content (AvgIpc) is 3.29. The van der Waals surface area contributed by atoms with Crippen LogP contribution in [0.25, 0.3) is 10.9 Å². The Balaban J connectivity index is 2.04. The van der Waals surface area contributed by atoms with E-state index in [1.807, 2.05) is 6.92 Å². The Labute approximate surface area is 216 Å². The van der Waals surface area contributed by atoms with Crippen molar-refractivity contribution in [2.45, 2.75) is 11.8 Å². The Morgan fingerprint density at radius 1 is 0.861 bits per heavy atom. The van der Waals surface area contributed by atoms with Gasteiger partial charge in [-0.2, -0.15) is 13.5 Å². The zero-order chi connectivity index (χ0) is 26.2. The van der Waals surface area contributed by atoms with Gasteiger partial charge in [0.2, 0.25) is 11.5 Å². The standard InChI is InChI=1S/C25H23BrN2O7S/c1-14-6-8-16(9-7-14)36(30,31)28-23(17-10-11-18(32-2)21(26)22(17)27-28)24(29)15-12-19(33-3)25(35-5)20(13-15)34-4/h6-13H,1-5H3. The number of aryl methyl sites for hydroxylation is 1. The van der Waals surface area contributed by atoms with E-state index in [4.69, 9.17) is 18.9 Å². The molecule has 0 spiro atoms. The molecule has 11 heteroatoms. The predicted molar refractivity (Wildman–Crippen MR) is 137 cm³/mol. The van der Waals surface area contributed by atoms with E-state index in [0.29, 0.717) is 21.4 Å². The van der Waals surface area contributed by atoms with Gasteiger partial charge in [0.05, 0.1) is 37.8 Å². The van der Waals surface area contributed by atoms with E-state index >= 15 is 0 Å². The van der Waals surface area contributed by atoms with Gasteiger partial charge in [-0.05, 0) is 59.3 Å². The summed E-state index contributed by atoms with van der Waals surface area (Å²) in [6.45, 7) is 1.85. The monoisotopic (exact) mass is 574 g/mol. The van der Waals surface area contributed by atoms with Gasteiger partial charge in [-0.25, -0.2) is 0 Å². The highest BCUT2D eigenvalue weighted by Crippen LogP contribution is 2.40. The van der Waals surface area contributed by atoms with Crippen molar-refractivity contribution in [1.29, 1.82) is 0 Å². The SMILES string of the molecule is COc1cc(C(=O)c2c3ccc(OC)c(Br)c3nn2S(=O)(=O)c2ccc(C)cc2)cc(OC)c1OC. The number of methoxy groups -OCH3 is 4. The van der Waals surface area contributed by atoms with Gasteiger partial charge < -0.3 is 18.9 Å². The van der Waals surface area contributed by atoms with Gasteiger partial charge in [-0.1, -0.05) is 17.7 Å². The first-order valence-corrected chi connectivity index (χ1v) is 12.8. The van der Waals surface area contributed by atoms with Crippen molar-refractivity contribution in [3.8, 4) is 23.0 Å². The Morgan fingerprint density at radius 2 is 1.44 bits per heavy atom. The lowest BCUT2D eigenvalue weighted by molar-refractivity contribution is 0.103. The molecule has 9 nitrogen and oxygen atoms in total. The number of hydrogen-bond acceptors (Lipinski definition) is 8. The second kappa shape index (κ2) is 9.82. The minimum atomic E-state index is -4.25. The maximum atomic E-state index is 14.0. The first kappa shape index (κ1) is 25.5. The first-order chi connectivity index (χ1) is 17.2. The van der Waals surface area contributed by atoms with Crippen LogP contribution in [0.15, 0.2) is 57.9 Å². The molecule has 188 valence electrons. The van der Waals surface area contributed by atoms with E-state index in [1.54, 1.807) is 24.3 Å². The van der Waals surface area contributed by atoms with Crippen molar-refractivity contribution in [2.24, 2.45) is 0 Å². The van der Waals surface area contributed by atoms with Crippen molar-refractivity contribution >= 4 is 42.6 Å². The Kier molecular flexibility index (Phi) is 6.96. The molecule has 0 unspecified atom stereocenters. The molecule has 0 fully saturated rings. The summed E-state index contributed by atoms with van der Waals surface area (Å²) in [5.74, 6) is 0.630. The summed E-state index contributed by atoms with van der Waals surface area (Å²) < 4.78 is 50.1. The molecule has 3 aromatic carbocycles. The highest BCUT2D eigenvalue weighted by Gasteiger charge is 2.31. The van der Waals surface area contributed by atoms with E-state index in [1.165, 1.54) is 52.7 Å². The maximum Gasteiger partial charge on any atom is 0.283 e. The third kappa shape index (κ3) is 4.18. The summed E-state index contributed by atoms with van der Waals surface area (Å²) in [6, 6.07) is 12.4. The molecule has 0 saturated carbocycles. The summed E-state index contributed by atoms with van der Waals surface area (Å²) in [7, 11) is 1.54. The predicted octanol–water partition coefficient (Wildman–Crippen LogP) is 4.61. The van der Waals surface area contributed by atoms with E-state index in [2.05, 4.69) is 21.0 Å². The molecule has 0 N–H and O–H groups in total. The molecule has 0 atom stereocenters. The number of nitrogens with zero attached hydrogens (tertiary/aromatic N) is 2. The summed E-state index contributed by atoms with van der Waals surface area (Å²) in [5, 5.41) is 4.67. The Bertz CT molecular complexity index is 1550. The van der Waals surface area contributed by atoms with Gasteiger partial charge in [-0.3, -0.25) is 4.79 Å². The number of carbonyl (C=O) groups excluding carboxylic acids is 1. The number of rotatable bonds is 8. The highest BCUT2D eigenvalue weighted by molar-refractivity contribution is 9.10. The lowest BCUT2D eigenvalue weighted by Crippen LogP contribution is -2.20. The van der Waals surface area contributed by atoms with E-state index < -0.39 is 15.8 Å². The fourth-order valence-corrected chi connectivity index (χ4v) is 5.66. The Morgan fingerprint density at radius 3 is 1.97 bits per heavy atom. The topological polar surface area (TPSA) is 106 Å². The van der Waals surface area contributed by atoms with Gasteiger partial charge in [0.15, 0.2) is 11.5 Å². The molecule has 36 heavy (non-hydrogen) atoms. The number of fused-ring (bicyclic) bond motifs is 1. The molecule has 0 amide bonds. The van der Waals surface area contributed by atoms with Crippen LogP contribution < -0.4 is 18.9 Å². The minimum Gasteiger partial charge on any atom is -0.495 e. The van der Waals surface area contributed by atoms with Gasteiger partial charge in [0.25, 0.3) is 10.0 Å². The molecule has 1 aromatic heterocycles.